The van der Waals surface area contributed by atoms with Crippen molar-refractivity contribution in [2.24, 2.45) is 0 Å². The highest BCUT2D eigenvalue weighted by atomic mass is 32.2. The summed E-state index contributed by atoms with van der Waals surface area (Å²) >= 11 is 0. The first-order valence-electron chi connectivity index (χ1n) is 10.3. The van der Waals surface area contributed by atoms with Gasteiger partial charge in [-0.1, -0.05) is 48.9 Å². The van der Waals surface area contributed by atoms with E-state index in [-0.39, 0.29) is 16.8 Å². The number of hydrogen-bond donors (Lipinski definition) is 0. The molecule has 6 heteroatoms. The van der Waals surface area contributed by atoms with Crippen LogP contribution in [0.4, 0.5) is 5.69 Å². The van der Waals surface area contributed by atoms with Crippen LogP contribution in [0.15, 0.2) is 71.6 Å². The average molecular weight is 423 g/mol. The largest absolute Gasteiger partial charge is 0.311 e. The van der Waals surface area contributed by atoms with Gasteiger partial charge in [0.05, 0.1) is 10.6 Å². The molecule has 0 saturated carbocycles. The van der Waals surface area contributed by atoms with Crippen LogP contribution in [-0.2, 0) is 10.0 Å². The Kier molecular flexibility index (Phi) is 5.62. The minimum Gasteiger partial charge on any atom is -0.311 e. The lowest BCUT2D eigenvalue weighted by atomic mass is 10.1. The van der Waals surface area contributed by atoms with Crippen LogP contribution in [0.5, 0.6) is 0 Å². The Hall–Kier alpha value is -2.70. The zero-order valence-electron chi connectivity index (χ0n) is 17.3. The molecular formula is C24H26N2O3S. The molecule has 1 amide bonds. The van der Waals surface area contributed by atoms with Crippen molar-refractivity contribution >= 4 is 32.4 Å². The van der Waals surface area contributed by atoms with Gasteiger partial charge in [-0.25, -0.2) is 8.42 Å². The van der Waals surface area contributed by atoms with E-state index in [1.54, 1.807) is 34.5 Å². The summed E-state index contributed by atoms with van der Waals surface area (Å²) in [5.41, 5.74) is 1.15. The molecule has 5 nitrogen and oxygen atoms in total. The second kappa shape index (κ2) is 8.20. The number of nitrogens with zero attached hydrogens (tertiary/aromatic N) is 2. The quantitative estimate of drug-likeness (QED) is 0.613. The van der Waals surface area contributed by atoms with E-state index in [0.29, 0.717) is 12.1 Å². The number of fused-ring (bicyclic) bond motifs is 1. The lowest BCUT2D eigenvalue weighted by molar-refractivity contribution is 0.0993. The van der Waals surface area contributed by atoms with Gasteiger partial charge in [-0.15, -0.1) is 0 Å². The van der Waals surface area contributed by atoms with Gasteiger partial charge in [0.15, 0.2) is 0 Å². The van der Waals surface area contributed by atoms with E-state index in [2.05, 4.69) is 0 Å². The van der Waals surface area contributed by atoms with Gasteiger partial charge >= 0.3 is 0 Å². The molecule has 0 spiro atoms. The van der Waals surface area contributed by atoms with Crippen LogP contribution in [0, 0.1) is 0 Å². The van der Waals surface area contributed by atoms with Crippen LogP contribution < -0.4 is 4.90 Å². The van der Waals surface area contributed by atoms with Gasteiger partial charge in [0, 0.05) is 30.6 Å². The van der Waals surface area contributed by atoms with Crippen LogP contribution in [0.25, 0.3) is 10.8 Å². The Balaban J connectivity index is 1.67. The molecule has 1 aliphatic heterocycles. The predicted molar refractivity (Wildman–Crippen MR) is 120 cm³/mol. The van der Waals surface area contributed by atoms with E-state index in [4.69, 9.17) is 0 Å². The van der Waals surface area contributed by atoms with Crippen molar-refractivity contribution in [3.8, 4) is 0 Å². The van der Waals surface area contributed by atoms with Gasteiger partial charge in [-0.3, -0.25) is 4.79 Å². The van der Waals surface area contributed by atoms with Crippen LogP contribution >= 0.6 is 0 Å². The summed E-state index contributed by atoms with van der Waals surface area (Å²) in [4.78, 5) is 15.0. The third-order valence-electron chi connectivity index (χ3n) is 5.86. The molecule has 0 bridgehead atoms. The van der Waals surface area contributed by atoms with Crippen molar-refractivity contribution in [2.75, 3.05) is 18.5 Å². The van der Waals surface area contributed by atoms with E-state index < -0.39 is 10.0 Å². The normalized spacial score (nSPS) is 17.7. The average Bonchev–Trinajstić information content (AvgIpc) is 2.78. The third-order valence-corrected chi connectivity index (χ3v) is 7.87. The van der Waals surface area contributed by atoms with Gasteiger partial charge in [-0.2, -0.15) is 4.31 Å². The summed E-state index contributed by atoms with van der Waals surface area (Å²) in [5, 5.41) is 2.02. The summed E-state index contributed by atoms with van der Waals surface area (Å²) in [6.07, 6.45) is 2.77. The first kappa shape index (κ1) is 20.6. The van der Waals surface area contributed by atoms with Crippen molar-refractivity contribution in [1.82, 2.24) is 4.31 Å². The Morgan fingerprint density at radius 3 is 2.53 bits per heavy atom. The third kappa shape index (κ3) is 3.73. The maximum absolute atomic E-state index is 13.2. The molecule has 1 fully saturated rings. The molecule has 156 valence electrons. The van der Waals surface area contributed by atoms with E-state index >= 15 is 0 Å². The number of carbonyl (C=O) groups excluding carboxylic acids is 1. The van der Waals surface area contributed by atoms with Gasteiger partial charge in [0.25, 0.3) is 5.91 Å². The highest BCUT2D eigenvalue weighted by Gasteiger charge is 2.31. The van der Waals surface area contributed by atoms with E-state index in [1.165, 1.54) is 6.07 Å². The van der Waals surface area contributed by atoms with E-state index in [9.17, 15) is 13.2 Å². The van der Waals surface area contributed by atoms with Gasteiger partial charge in [0.1, 0.15) is 0 Å². The van der Waals surface area contributed by atoms with E-state index in [0.717, 1.165) is 35.7 Å². The minimum absolute atomic E-state index is 0.0264. The Bertz CT molecular complexity index is 1180. The number of sulfonamides is 1. The fourth-order valence-corrected chi connectivity index (χ4v) is 5.90. The van der Waals surface area contributed by atoms with Crippen molar-refractivity contribution < 1.29 is 13.2 Å². The molecule has 3 aromatic rings. The van der Waals surface area contributed by atoms with Crippen molar-refractivity contribution in [3.05, 3.63) is 72.3 Å². The summed E-state index contributed by atoms with van der Waals surface area (Å²) in [6, 6.07) is 20.1. The van der Waals surface area contributed by atoms with Crippen LogP contribution in [0.1, 0.15) is 36.5 Å². The SMILES string of the molecule is CC1CCCCN1S(=O)(=O)c1cccc(C(=O)N(C)c2cccc3ccccc23)c1. The number of benzene rings is 3. The second-order valence-electron chi connectivity index (χ2n) is 7.85. The molecule has 30 heavy (non-hydrogen) atoms. The highest BCUT2D eigenvalue weighted by molar-refractivity contribution is 7.89. The van der Waals surface area contributed by atoms with Crippen molar-refractivity contribution in [1.29, 1.82) is 0 Å². The molecule has 1 heterocycles. The van der Waals surface area contributed by atoms with Crippen LogP contribution in [-0.4, -0.2) is 38.3 Å². The monoisotopic (exact) mass is 422 g/mol. The maximum atomic E-state index is 13.2. The number of hydrogen-bond acceptors (Lipinski definition) is 3. The number of rotatable bonds is 4. The summed E-state index contributed by atoms with van der Waals surface area (Å²) in [5.74, 6) is -0.241. The van der Waals surface area contributed by atoms with Crippen molar-refractivity contribution in [3.63, 3.8) is 0 Å². The first-order valence-corrected chi connectivity index (χ1v) is 11.7. The fourth-order valence-electron chi connectivity index (χ4n) is 4.16. The van der Waals surface area contributed by atoms with Gasteiger partial charge in [-0.05, 0) is 49.4 Å². The molecule has 1 saturated heterocycles. The first-order chi connectivity index (χ1) is 14.4. The molecule has 1 unspecified atom stereocenters. The molecule has 1 atom stereocenters. The molecule has 0 aromatic heterocycles. The molecule has 0 radical (unpaired) electrons. The maximum Gasteiger partial charge on any atom is 0.258 e. The number of piperidine rings is 1. The Morgan fingerprint density at radius 2 is 1.73 bits per heavy atom. The standard InChI is InChI=1S/C24H26N2O3S/c1-18-9-5-6-16-26(18)30(28,29)21-13-7-12-20(17-21)24(27)25(2)23-15-8-11-19-10-3-4-14-22(19)23/h3-4,7-8,10-15,17-18H,5-6,9,16H2,1-2H3. The fraction of sp³-hybridized carbons (Fsp3) is 0.292. The number of carbonyl (C=O) groups is 1. The lowest BCUT2D eigenvalue weighted by Crippen LogP contribution is -2.42. The van der Waals surface area contributed by atoms with E-state index in [1.807, 2.05) is 49.4 Å². The smallest absolute Gasteiger partial charge is 0.258 e. The number of anilines is 1. The zero-order valence-corrected chi connectivity index (χ0v) is 18.1. The van der Waals surface area contributed by atoms with Gasteiger partial charge < -0.3 is 4.90 Å². The predicted octanol–water partition coefficient (Wildman–Crippen LogP) is 4.68. The summed E-state index contributed by atoms with van der Waals surface area (Å²) < 4.78 is 27.9. The lowest BCUT2D eigenvalue weighted by Gasteiger charge is -2.32. The molecular weight excluding hydrogens is 396 g/mol. The van der Waals surface area contributed by atoms with Gasteiger partial charge in [0.2, 0.25) is 10.0 Å². The Labute approximate surface area is 178 Å². The number of amides is 1. The Morgan fingerprint density at radius 1 is 1.00 bits per heavy atom. The van der Waals surface area contributed by atoms with Crippen molar-refractivity contribution in [2.45, 2.75) is 37.1 Å². The molecule has 1 aliphatic rings. The molecule has 0 N–H and O–H groups in total. The summed E-state index contributed by atoms with van der Waals surface area (Å²) in [7, 11) is -1.91. The molecule has 4 rings (SSSR count). The highest BCUT2D eigenvalue weighted by Crippen LogP contribution is 2.29. The molecule has 0 aliphatic carbocycles. The van der Waals surface area contributed by atoms with Crippen LogP contribution in [0.3, 0.4) is 0 Å². The van der Waals surface area contributed by atoms with Crippen LogP contribution in [0.2, 0.25) is 0 Å². The second-order valence-corrected chi connectivity index (χ2v) is 9.74. The zero-order chi connectivity index (χ0) is 21.3. The minimum atomic E-state index is -3.63. The summed E-state index contributed by atoms with van der Waals surface area (Å²) in [6.45, 7) is 2.47. The molecule has 3 aromatic carbocycles. The topological polar surface area (TPSA) is 57.7 Å².